The van der Waals surface area contributed by atoms with E-state index in [2.05, 4.69) is 11.6 Å². The molecule has 0 aromatic heterocycles. The third kappa shape index (κ3) is 3.46. The first-order valence-corrected chi connectivity index (χ1v) is 7.98. The Morgan fingerprint density at radius 2 is 2.26 bits per heavy atom. The van der Waals surface area contributed by atoms with Crippen molar-refractivity contribution in [3.05, 3.63) is 24.3 Å². The summed E-state index contributed by atoms with van der Waals surface area (Å²) < 4.78 is 32.5. The van der Waals surface area contributed by atoms with Gasteiger partial charge in [-0.3, -0.25) is 0 Å². The predicted octanol–water partition coefficient (Wildman–Crippen LogP) is 1.36. The van der Waals surface area contributed by atoms with Crippen LogP contribution in [0.2, 0.25) is 0 Å². The molecule has 0 saturated carbocycles. The highest BCUT2D eigenvalue weighted by Gasteiger charge is 2.28. The predicted molar refractivity (Wildman–Crippen MR) is 74.2 cm³/mol. The van der Waals surface area contributed by atoms with Gasteiger partial charge in [0.2, 0.25) is 10.0 Å². The Morgan fingerprint density at radius 1 is 1.47 bits per heavy atom. The Balaban J connectivity index is 2.02. The smallest absolute Gasteiger partial charge is 0.240 e. The SMILES string of the molecule is CCC1OCCC1CNS(=O)(=O)c1cccc(N)c1. The van der Waals surface area contributed by atoms with Crippen molar-refractivity contribution < 1.29 is 13.2 Å². The molecule has 0 spiro atoms. The molecule has 0 aliphatic carbocycles. The molecule has 106 valence electrons. The molecule has 2 rings (SSSR count). The van der Waals surface area contributed by atoms with Crippen molar-refractivity contribution in [3.63, 3.8) is 0 Å². The number of nitrogen functional groups attached to an aromatic ring is 1. The van der Waals surface area contributed by atoms with E-state index in [1.54, 1.807) is 18.2 Å². The van der Waals surface area contributed by atoms with Gasteiger partial charge in [-0.15, -0.1) is 0 Å². The highest BCUT2D eigenvalue weighted by molar-refractivity contribution is 7.89. The summed E-state index contributed by atoms with van der Waals surface area (Å²) in [6.07, 6.45) is 1.96. The first kappa shape index (κ1) is 14.3. The first-order valence-electron chi connectivity index (χ1n) is 6.49. The third-order valence-electron chi connectivity index (χ3n) is 3.45. The maximum absolute atomic E-state index is 12.1. The first-order chi connectivity index (χ1) is 9.03. The molecule has 0 bridgehead atoms. The van der Waals surface area contributed by atoms with Gasteiger partial charge in [0.25, 0.3) is 0 Å². The molecule has 3 N–H and O–H groups in total. The van der Waals surface area contributed by atoms with Crippen LogP contribution >= 0.6 is 0 Å². The lowest BCUT2D eigenvalue weighted by molar-refractivity contribution is 0.0884. The monoisotopic (exact) mass is 284 g/mol. The zero-order valence-electron chi connectivity index (χ0n) is 11.0. The van der Waals surface area contributed by atoms with Crippen LogP contribution in [0.1, 0.15) is 19.8 Å². The van der Waals surface area contributed by atoms with Gasteiger partial charge in [-0.05, 0) is 31.0 Å². The van der Waals surface area contributed by atoms with E-state index in [9.17, 15) is 8.42 Å². The number of ether oxygens (including phenoxy) is 1. The molecule has 0 radical (unpaired) electrons. The fraction of sp³-hybridized carbons (Fsp3) is 0.538. The van der Waals surface area contributed by atoms with E-state index in [0.29, 0.717) is 18.8 Å². The molecular formula is C13H20N2O3S. The Bertz CT molecular complexity index is 530. The highest BCUT2D eigenvalue weighted by atomic mass is 32.2. The number of rotatable bonds is 5. The maximum atomic E-state index is 12.1. The molecule has 1 aliphatic heterocycles. The van der Waals surface area contributed by atoms with Crippen molar-refractivity contribution in [2.45, 2.75) is 30.8 Å². The van der Waals surface area contributed by atoms with Crippen molar-refractivity contribution in [2.75, 3.05) is 18.9 Å². The number of hydrogen-bond donors (Lipinski definition) is 2. The van der Waals surface area contributed by atoms with Gasteiger partial charge in [0.05, 0.1) is 11.0 Å². The summed E-state index contributed by atoms with van der Waals surface area (Å²) in [6.45, 7) is 3.17. The van der Waals surface area contributed by atoms with Crippen LogP contribution in [0.5, 0.6) is 0 Å². The Kier molecular flexibility index (Phi) is 4.44. The van der Waals surface area contributed by atoms with Gasteiger partial charge < -0.3 is 10.5 Å². The third-order valence-corrected chi connectivity index (χ3v) is 4.87. The maximum Gasteiger partial charge on any atom is 0.240 e. The largest absolute Gasteiger partial charge is 0.399 e. The zero-order valence-corrected chi connectivity index (χ0v) is 11.8. The molecule has 1 saturated heterocycles. The van der Waals surface area contributed by atoms with Gasteiger partial charge in [-0.1, -0.05) is 13.0 Å². The lowest BCUT2D eigenvalue weighted by Crippen LogP contribution is -2.32. The topological polar surface area (TPSA) is 81.4 Å². The zero-order chi connectivity index (χ0) is 13.9. The second-order valence-electron chi connectivity index (χ2n) is 4.79. The van der Waals surface area contributed by atoms with Gasteiger partial charge >= 0.3 is 0 Å². The van der Waals surface area contributed by atoms with E-state index in [1.807, 2.05) is 0 Å². The lowest BCUT2D eigenvalue weighted by atomic mass is 10.0. The number of nitrogens with one attached hydrogen (secondary N) is 1. The number of nitrogens with two attached hydrogens (primary N) is 1. The standard InChI is InChI=1S/C13H20N2O3S/c1-2-13-10(6-7-18-13)9-15-19(16,17)12-5-3-4-11(14)8-12/h3-5,8,10,13,15H,2,6-7,9,14H2,1H3. The molecule has 2 atom stereocenters. The van der Waals surface area contributed by atoms with Crippen molar-refractivity contribution in [1.29, 1.82) is 0 Å². The lowest BCUT2D eigenvalue weighted by Gasteiger charge is -2.17. The van der Waals surface area contributed by atoms with E-state index in [0.717, 1.165) is 12.8 Å². The summed E-state index contributed by atoms with van der Waals surface area (Å²) in [6, 6.07) is 6.31. The van der Waals surface area contributed by atoms with Crippen LogP contribution in [0.15, 0.2) is 29.2 Å². The van der Waals surface area contributed by atoms with Crippen molar-refractivity contribution >= 4 is 15.7 Å². The van der Waals surface area contributed by atoms with Crippen LogP contribution in [-0.4, -0.2) is 27.7 Å². The molecule has 0 amide bonds. The summed E-state index contributed by atoms with van der Waals surface area (Å²) >= 11 is 0. The van der Waals surface area contributed by atoms with E-state index < -0.39 is 10.0 Å². The Hall–Kier alpha value is -1.11. The molecule has 2 unspecified atom stereocenters. The van der Waals surface area contributed by atoms with Gasteiger partial charge in [0.1, 0.15) is 0 Å². The molecule has 5 nitrogen and oxygen atoms in total. The van der Waals surface area contributed by atoms with Crippen LogP contribution in [0.3, 0.4) is 0 Å². The molecular weight excluding hydrogens is 264 g/mol. The van der Waals surface area contributed by atoms with Gasteiger partial charge in [-0.2, -0.15) is 0 Å². The van der Waals surface area contributed by atoms with E-state index >= 15 is 0 Å². The van der Waals surface area contributed by atoms with Crippen molar-refractivity contribution in [2.24, 2.45) is 5.92 Å². The van der Waals surface area contributed by atoms with Gasteiger partial charge in [0.15, 0.2) is 0 Å². The molecule has 1 aliphatic rings. The minimum absolute atomic E-state index is 0.156. The highest BCUT2D eigenvalue weighted by Crippen LogP contribution is 2.23. The fourth-order valence-corrected chi connectivity index (χ4v) is 3.51. The van der Waals surface area contributed by atoms with Crippen LogP contribution in [0.4, 0.5) is 5.69 Å². The minimum Gasteiger partial charge on any atom is -0.399 e. The normalized spacial score (nSPS) is 23.6. The van der Waals surface area contributed by atoms with Crippen LogP contribution in [0, 0.1) is 5.92 Å². The second-order valence-corrected chi connectivity index (χ2v) is 6.56. The van der Waals surface area contributed by atoms with Gasteiger partial charge in [0, 0.05) is 24.8 Å². The molecule has 1 heterocycles. The Labute approximate surface area is 114 Å². The number of hydrogen-bond acceptors (Lipinski definition) is 4. The van der Waals surface area contributed by atoms with Crippen LogP contribution < -0.4 is 10.5 Å². The molecule has 1 aromatic carbocycles. The van der Waals surface area contributed by atoms with E-state index in [1.165, 1.54) is 6.07 Å². The minimum atomic E-state index is -3.49. The van der Waals surface area contributed by atoms with Gasteiger partial charge in [-0.25, -0.2) is 13.1 Å². The summed E-state index contributed by atoms with van der Waals surface area (Å²) in [5.74, 6) is 0.251. The summed E-state index contributed by atoms with van der Waals surface area (Å²) in [4.78, 5) is 0.208. The quantitative estimate of drug-likeness (QED) is 0.800. The number of anilines is 1. The molecule has 1 aromatic rings. The fourth-order valence-electron chi connectivity index (χ4n) is 2.36. The average Bonchev–Trinajstić information content (AvgIpc) is 2.84. The van der Waals surface area contributed by atoms with E-state index in [4.69, 9.17) is 10.5 Å². The summed E-state index contributed by atoms with van der Waals surface area (Å²) in [5, 5.41) is 0. The van der Waals surface area contributed by atoms with Crippen LogP contribution in [-0.2, 0) is 14.8 Å². The summed E-state index contributed by atoms with van der Waals surface area (Å²) in [5.41, 5.74) is 6.05. The number of benzene rings is 1. The average molecular weight is 284 g/mol. The van der Waals surface area contributed by atoms with Crippen molar-refractivity contribution in [1.82, 2.24) is 4.72 Å². The molecule has 19 heavy (non-hydrogen) atoms. The number of sulfonamides is 1. The van der Waals surface area contributed by atoms with E-state index in [-0.39, 0.29) is 16.9 Å². The van der Waals surface area contributed by atoms with Crippen molar-refractivity contribution in [3.8, 4) is 0 Å². The Morgan fingerprint density at radius 3 is 2.95 bits per heavy atom. The molecule has 1 fully saturated rings. The van der Waals surface area contributed by atoms with Crippen LogP contribution in [0.25, 0.3) is 0 Å². The second kappa shape index (κ2) is 5.90. The molecule has 6 heteroatoms. The summed E-state index contributed by atoms with van der Waals surface area (Å²) in [7, 11) is -3.49.